The number of benzene rings is 1. The van der Waals surface area contributed by atoms with E-state index in [1.165, 1.54) is 6.08 Å². The van der Waals surface area contributed by atoms with Gasteiger partial charge in [-0.3, -0.25) is 0 Å². The summed E-state index contributed by atoms with van der Waals surface area (Å²) in [5.41, 5.74) is 0.932. The Hall–Kier alpha value is -2.29. The van der Waals surface area contributed by atoms with Crippen LogP contribution < -0.4 is 4.74 Å². The molecule has 0 radical (unpaired) electrons. The van der Waals surface area contributed by atoms with Crippen molar-refractivity contribution in [3.63, 3.8) is 0 Å². The first-order chi connectivity index (χ1) is 10.8. The van der Waals surface area contributed by atoms with Gasteiger partial charge in [0.15, 0.2) is 0 Å². The van der Waals surface area contributed by atoms with E-state index in [9.17, 15) is 4.79 Å². The number of hydrogen-bond donors (Lipinski definition) is 0. The summed E-state index contributed by atoms with van der Waals surface area (Å²) in [4.78, 5) is 11.5. The van der Waals surface area contributed by atoms with Crippen LogP contribution in [0.5, 0.6) is 5.75 Å². The van der Waals surface area contributed by atoms with Gasteiger partial charge >= 0.3 is 5.97 Å². The van der Waals surface area contributed by atoms with E-state index < -0.39 is 0 Å². The summed E-state index contributed by atoms with van der Waals surface area (Å²) in [7, 11) is 0. The van der Waals surface area contributed by atoms with Gasteiger partial charge in [-0.15, -0.1) is 13.2 Å². The third-order valence-corrected chi connectivity index (χ3v) is 2.91. The van der Waals surface area contributed by atoms with Crippen LogP contribution in [0.1, 0.15) is 31.2 Å². The van der Waals surface area contributed by atoms with Crippen LogP contribution in [0.2, 0.25) is 0 Å². The predicted octanol–water partition coefficient (Wildman–Crippen LogP) is 4.55. The Bertz CT molecular complexity index is 486. The van der Waals surface area contributed by atoms with Gasteiger partial charge < -0.3 is 9.47 Å². The normalized spacial score (nSPS) is 10.4. The second-order valence-electron chi connectivity index (χ2n) is 4.78. The molecule has 0 amide bonds. The number of ether oxygens (including phenoxy) is 2. The summed E-state index contributed by atoms with van der Waals surface area (Å²) >= 11 is 0. The second-order valence-corrected chi connectivity index (χ2v) is 4.78. The van der Waals surface area contributed by atoms with E-state index in [-0.39, 0.29) is 5.97 Å². The molecule has 0 fully saturated rings. The first kappa shape index (κ1) is 17.8. The molecule has 0 unspecified atom stereocenters. The molecule has 0 aromatic heterocycles. The molecule has 0 saturated carbocycles. The van der Waals surface area contributed by atoms with E-state index in [1.54, 1.807) is 6.08 Å². The number of hydrogen-bond acceptors (Lipinski definition) is 3. The van der Waals surface area contributed by atoms with Gasteiger partial charge in [-0.1, -0.05) is 24.3 Å². The van der Waals surface area contributed by atoms with Crippen molar-refractivity contribution in [1.82, 2.24) is 0 Å². The molecule has 3 heteroatoms. The molecule has 1 aromatic carbocycles. The van der Waals surface area contributed by atoms with Gasteiger partial charge in [0, 0.05) is 6.08 Å². The van der Waals surface area contributed by atoms with E-state index in [0.29, 0.717) is 13.2 Å². The van der Waals surface area contributed by atoms with Crippen LogP contribution in [-0.2, 0) is 9.53 Å². The number of allylic oxidation sites excluding steroid dienone is 2. The molecule has 0 aliphatic carbocycles. The predicted molar refractivity (Wildman–Crippen MR) is 90.8 cm³/mol. The average molecular weight is 300 g/mol. The molecule has 0 N–H and O–H groups in total. The highest BCUT2D eigenvalue weighted by Crippen LogP contribution is 2.13. The van der Waals surface area contributed by atoms with Crippen molar-refractivity contribution < 1.29 is 14.3 Å². The topological polar surface area (TPSA) is 35.5 Å². The van der Waals surface area contributed by atoms with Crippen LogP contribution in [0.15, 0.2) is 55.7 Å². The standard InChI is InChI=1S/C19H24O3/c1-3-5-7-15-21-18-12-9-17(10-13-18)11-14-19(20)22-16-8-6-4-2/h3-4,9-14H,1-2,5-8,15-16H2/b14-11+. The smallest absolute Gasteiger partial charge is 0.330 e. The Kier molecular flexibility index (Phi) is 9.19. The Morgan fingerprint density at radius 2 is 1.64 bits per heavy atom. The fourth-order valence-corrected chi connectivity index (χ4v) is 1.71. The minimum Gasteiger partial charge on any atom is -0.494 e. The summed E-state index contributed by atoms with van der Waals surface area (Å²) in [6.45, 7) is 8.40. The van der Waals surface area contributed by atoms with Crippen molar-refractivity contribution in [2.45, 2.75) is 25.7 Å². The highest BCUT2D eigenvalue weighted by Gasteiger charge is 1.97. The minimum absolute atomic E-state index is 0.325. The van der Waals surface area contributed by atoms with Crippen molar-refractivity contribution >= 4 is 12.0 Å². The second kappa shape index (κ2) is 11.4. The Labute approximate surface area is 132 Å². The molecule has 0 saturated heterocycles. The van der Waals surface area contributed by atoms with Gasteiger partial charge in [0.1, 0.15) is 5.75 Å². The summed E-state index contributed by atoms with van der Waals surface area (Å²) in [6, 6.07) is 7.60. The van der Waals surface area contributed by atoms with E-state index in [1.807, 2.05) is 36.4 Å². The highest BCUT2D eigenvalue weighted by atomic mass is 16.5. The molecule has 0 atom stereocenters. The van der Waals surface area contributed by atoms with Gasteiger partial charge in [-0.05, 0) is 49.5 Å². The van der Waals surface area contributed by atoms with Crippen LogP contribution in [0.3, 0.4) is 0 Å². The average Bonchev–Trinajstić information content (AvgIpc) is 2.55. The fraction of sp³-hybridized carbons (Fsp3) is 0.316. The van der Waals surface area contributed by atoms with E-state index in [2.05, 4.69) is 13.2 Å². The molecule has 1 rings (SSSR count). The van der Waals surface area contributed by atoms with E-state index in [0.717, 1.165) is 37.0 Å². The lowest BCUT2D eigenvalue weighted by molar-refractivity contribution is -0.137. The molecule has 0 heterocycles. The molecule has 1 aromatic rings. The maximum Gasteiger partial charge on any atom is 0.330 e. The summed E-state index contributed by atoms with van der Waals surface area (Å²) in [6.07, 6.45) is 10.4. The Balaban J connectivity index is 2.33. The van der Waals surface area contributed by atoms with Crippen LogP contribution in [0, 0.1) is 0 Å². The van der Waals surface area contributed by atoms with Crippen LogP contribution >= 0.6 is 0 Å². The number of unbranched alkanes of at least 4 members (excludes halogenated alkanes) is 2. The van der Waals surface area contributed by atoms with Crippen molar-refractivity contribution in [1.29, 1.82) is 0 Å². The third kappa shape index (κ3) is 8.10. The first-order valence-corrected chi connectivity index (χ1v) is 7.55. The molecule has 0 spiro atoms. The maximum absolute atomic E-state index is 11.5. The van der Waals surface area contributed by atoms with Crippen LogP contribution in [0.4, 0.5) is 0 Å². The van der Waals surface area contributed by atoms with Crippen molar-refractivity contribution in [3.05, 3.63) is 61.2 Å². The third-order valence-electron chi connectivity index (χ3n) is 2.91. The molecular weight excluding hydrogens is 276 g/mol. The van der Waals surface area contributed by atoms with Crippen LogP contribution in [0.25, 0.3) is 6.08 Å². The molecule has 0 aliphatic heterocycles. The van der Waals surface area contributed by atoms with Crippen molar-refractivity contribution in [3.8, 4) is 5.75 Å². The molecule has 118 valence electrons. The van der Waals surface area contributed by atoms with Gasteiger partial charge in [0.2, 0.25) is 0 Å². The summed E-state index contributed by atoms with van der Waals surface area (Å²) in [5.74, 6) is 0.502. The largest absolute Gasteiger partial charge is 0.494 e. The zero-order chi connectivity index (χ0) is 16.0. The monoisotopic (exact) mass is 300 g/mol. The van der Waals surface area contributed by atoms with E-state index in [4.69, 9.17) is 9.47 Å². The summed E-state index contributed by atoms with van der Waals surface area (Å²) in [5, 5.41) is 0. The van der Waals surface area contributed by atoms with Gasteiger partial charge in [-0.2, -0.15) is 0 Å². The number of carbonyl (C=O) groups is 1. The molecule has 0 aliphatic rings. The lowest BCUT2D eigenvalue weighted by Gasteiger charge is -2.05. The molecule has 3 nitrogen and oxygen atoms in total. The minimum atomic E-state index is -0.325. The quantitative estimate of drug-likeness (QED) is 0.260. The molecule has 22 heavy (non-hydrogen) atoms. The number of carbonyl (C=O) groups excluding carboxylic acids is 1. The zero-order valence-corrected chi connectivity index (χ0v) is 13.0. The van der Waals surface area contributed by atoms with Crippen LogP contribution in [-0.4, -0.2) is 19.2 Å². The van der Waals surface area contributed by atoms with Gasteiger partial charge in [0.05, 0.1) is 13.2 Å². The fourth-order valence-electron chi connectivity index (χ4n) is 1.71. The molecule has 0 bridgehead atoms. The van der Waals surface area contributed by atoms with E-state index >= 15 is 0 Å². The Morgan fingerprint density at radius 1 is 1.00 bits per heavy atom. The lowest BCUT2D eigenvalue weighted by atomic mass is 10.2. The van der Waals surface area contributed by atoms with Crippen molar-refractivity contribution in [2.75, 3.05) is 13.2 Å². The summed E-state index contributed by atoms with van der Waals surface area (Å²) < 4.78 is 10.7. The number of esters is 1. The van der Waals surface area contributed by atoms with Gasteiger partial charge in [-0.25, -0.2) is 4.79 Å². The zero-order valence-electron chi connectivity index (χ0n) is 13.0. The number of rotatable bonds is 11. The maximum atomic E-state index is 11.5. The van der Waals surface area contributed by atoms with Crippen molar-refractivity contribution in [2.24, 2.45) is 0 Å². The Morgan fingerprint density at radius 3 is 2.27 bits per heavy atom. The lowest BCUT2D eigenvalue weighted by Crippen LogP contribution is -2.01. The molecular formula is C19H24O3. The van der Waals surface area contributed by atoms with Gasteiger partial charge in [0.25, 0.3) is 0 Å². The first-order valence-electron chi connectivity index (χ1n) is 7.55. The highest BCUT2D eigenvalue weighted by molar-refractivity contribution is 5.87. The SMILES string of the molecule is C=CCCCOC(=O)/C=C/c1ccc(OCCCC=C)cc1.